The van der Waals surface area contributed by atoms with E-state index in [2.05, 4.69) is 59.5 Å². The molecule has 0 saturated carbocycles. The van der Waals surface area contributed by atoms with E-state index in [0.29, 0.717) is 19.8 Å². The largest absolute Gasteiger partial charge is 0.491 e. The van der Waals surface area contributed by atoms with Gasteiger partial charge in [0.15, 0.2) is 5.96 Å². The molecule has 7 heteroatoms. The van der Waals surface area contributed by atoms with Crippen LogP contribution in [0.1, 0.15) is 31.4 Å². The zero-order valence-electron chi connectivity index (χ0n) is 17.5. The molecular weight excluding hydrogens is 455 g/mol. The van der Waals surface area contributed by atoms with Crippen LogP contribution >= 0.6 is 24.0 Å². The maximum Gasteiger partial charge on any atom is 0.191 e. The van der Waals surface area contributed by atoms with Crippen molar-refractivity contribution in [2.24, 2.45) is 4.99 Å². The summed E-state index contributed by atoms with van der Waals surface area (Å²) in [6.45, 7) is 12.5. The van der Waals surface area contributed by atoms with Gasteiger partial charge in [0, 0.05) is 32.8 Å². The number of hydrogen-bond acceptors (Lipinski definition) is 4. The number of aliphatic imine (C=N–C) groups is 1. The van der Waals surface area contributed by atoms with E-state index in [9.17, 15) is 0 Å². The molecular formula is C20H37IN4O2. The summed E-state index contributed by atoms with van der Waals surface area (Å²) < 4.78 is 10.9. The fourth-order valence-electron chi connectivity index (χ4n) is 2.63. The number of guanidine groups is 1. The first-order valence-electron chi connectivity index (χ1n) is 9.52. The number of benzene rings is 1. The Morgan fingerprint density at radius 1 is 1.15 bits per heavy atom. The monoisotopic (exact) mass is 492 g/mol. The SMILES string of the molecule is CCN(CC)CCCNC(=NC)NCc1ccc(C)cc1OCCOC.I. The van der Waals surface area contributed by atoms with E-state index >= 15 is 0 Å². The molecule has 0 fully saturated rings. The lowest BCUT2D eigenvalue weighted by molar-refractivity contribution is 0.145. The van der Waals surface area contributed by atoms with Crippen LogP contribution in [-0.2, 0) is 11.3 Å². The molecule has 0 radical (unpaired) electrons. The summed E-state index contributed by atoms with van der Waals surface area (Å²) in [6, 6.07) is 6.26. The number of nitrogens with zero attached hydrogens (tertiary/aromatic N) is 2. The first-order chi connectivity index (χ1) is 12.6. The Bertz CT molecular complexity index is 537. The minimum absolute atomic E-state index is 0. The van der Waals surface area contributed by atoms with Crippen molar-refractivity contribution in [1.82, 2.24) is 15.5 Å². The average Bonchev–Trinajstić information content (AvgIpc) is 2.65. The Morgan fingerprint density at radius 3 is 2.52 bits per heavy atom. The molecule has 27 heavy (non-hydrogen) atoms. The van der Waals surface area contributed by atoms with Crippen molar-refractivity contribution in [2.45, 2.75) is 33.7 Å². The molecule has 6 nitrogen and oxygen atoms in total. The van der Waals surface area contributed by atoms with Crippen molar-refractivity contribution in [3.63, 3.8) is 0 Å². The second kappa shape index (κ2) is 15.9. The molecule has 1 aromatic carbocycles. The van der Waals surface area contributed by atoms with E-state index in [1.165, 1.54) is 5.56 Å². The molecule has 0 amide bonds. The van der Waals surface area contributed by atoms with Gasteiger partial charge in [-0.25, -0.2) is 0 Å². The van der Waals surface area contributed by atoms with Crippen molar-refractivity contribution in [3.05, 3.63) is 29.3 Å². The van der Waals surface area contributed by atoms with Crippen LogP contribution in [0, 0.1) is 6.92 Å². The molecule has 0 aliphatic carbocycles. The van der Waals surface area contributed by atoms with E-state index in [0.717, 1.165) is 49.9 Å². The van der Waals surface area contributed by atoms with E-state index in [1.807, 2.05) is 0 Å². The van der Waals surface area contributed by atoms with Gasteiger partial charge in [-0.2, -0.15) is 0 Å². The predicted molar refractivity (Wildman–Crippen MR) is 125 cm³/mol. The summed E-state index contributed by atoms with van der Waals surface area (Å²) in [5, 5.41) is 6.74. The van der Waals surface area contributed by atoms with Gasteiger partial charge in [-0.3, -0.25) is 4.99 Å². The highest BCUT2D eigenvalue weighted by molar-refractivity contribution is 14.0. The molecule has 1 aromatic rings. The van der Waals surface area contributed by atoms with Crippen LogP contribution in [0.3, 0.4) is 0 Å². The predicted octanol–water partition coefficient (Wildman–Crippen LogP) is 3.04. The van der Waals surface area contributed by atoms with Crippen LogP contribution in [0.2, 0.25) is 0 Å². The van der Waals surface area contributed by atoms with Crippen LogP contribution in [0.25, 0.3) is 0 Å². The highest BCUT2D eigenvalue weighted by Gasteiger charge is 2.06. The third-order valence-electron chi connectivity index (χ3n) is 4.28. The molecule has 0 bridgehead atoms. The molecule has 1 rings (SSSR count). The van der Waals surface area contributed by atoms with Gasteiger partial charge < -0.3 is 25.0 Å². The number of nitrogens with one attached hydrogen (secondary N) is 2. The van der Waals surface area contributed by atoms with Crippen molar-refractivity contribution < 1.29 is 9.47 Å². The molecule has 0 atom stereocenters. The molecule has 0 aromatic heterocycles. The van der Waals surface area contributed by atoms with Crippen LogP contribution in [0.5, 0.6) is 5.75 Å². The molecule has 0 saturated heterocycles. The van der Waals surface area contributed by atoms with Crippen LogP contribution in [0.15, 0.2) is 23.2 Å². The number of methoxy groups -OCH3 is 1. The van der Waals surface area contributed by atoms with Gasteiger partial charge in [0.25, 0.3) is 0 Å². The fourth-order valence-corrected chi connectivity index (χ4v) is 2.63. The Kier molecular flexibility index (Phi) is 15.3. The minimum atomic E-state index is 0. The van der Waals surface area contributed by atoms with Gasteiger partial charge in [0.2, 0.25) is 0 Å². The fraction of sp³-hybridized carbons (Fsp3) is 0.650. The van der Waals surface area contributed by atoms with Crippen molar-refractivity contribution >= 4 is 29.9 Å². The number of hydrogen-bond donors (Lipinski definition) is 2. The lowest BCUT2D eigenvalue weighted by atomic mass is 10.1. The maximum atomic E-state index is 5.84. The van der Waals surface area contributed by atoms with Crippen molar-refractivity contribution in [3.8, 4) is 5.75 Å². The Labute approximate surface area is 182 Å². The number of halogens is 1. The highest BCUT2D eigenvalue weighted by Crippen LogP contribution is 2.20. The Hall–Kier alpha value is -1.06. The van der Waals surface area contributed by atoms with Gasteiger partial charge >= 0.3 is 0 Å². The molecule has 0 heterocycles. The topological polar surface area (TPSA) is 58.1 Å². The van der Waals surface area contributed by atoms with E-state index in [1.54, 1.807) is 14.2 Å². The lowest BCUT2D eigenvalue weighted by Gasteiger charge is -2.19. The summed E-state index contributed by atoms with van der Waals surface area (Å²) >= 11 is 0. The summed E-state index contributed by atoms with van der Waals surface area (Å²) in [5.41, 5.74) is 2.29. The normalized spacial score (nSPS) is 11.3. The van der Waals surface area contributed by atoms with Crippen molar-refractivity contribution in [1.29, 1.82) is 0 Å². The van der Waals surface area contributed by atoms with E-state index < -0.39 is 0 Å². The highest BCUT2D eigenvalue weighted by atomic mass is 127. The number of aryl methyl sites for hydroxylation is 1. The van der Waals surface area contributed by atoms with Gasteiger partial charge in [-0.05, 0) is 44.6 Å². The zero-order chi connectivity index (χ0) is 19.2. The smallest absolute Gasteiger partial charge is 0.191 e. The number of ether oxygens (including phenoxy) is 2. The van der Waals surface area contributed by atoms with Crippen LogP contribution < -0.4 is 15.4 Å². The minimum Gasteiger partial charge on any atom is -0.491 e. The molecule has 0 aliphatic heterocycles. The first-order valence-corrected chi connectivity index (χ1v) is 9.52. The molecule has 156 valence electrons. The summed E-state index contributed by atoms with van der Waals surface area (Å²) in [6.07, 6.45) is 1.10. The third kappa shape index (κ3) is 10.8. The van der Waals surface area contributed by atoms with Crippen LogP contribution in [-0.4, -0.2) is 64.4 Å². The molecule has 0 aliphatic rings. The standard InChI is InChI=1S/C20H36N4O2.HI/c1-6-24(7-2)12-8-11-22-20(21-4)23-16-18-10-9-17(3)15-19(18)26-14-13-25-5;/h9-10,15H,6-8,11-14,16H2,1-5H3,(H2,21,22,23);1H. The summed E-state index contributed by atoms with van der Waals surface area (Å²) in [7, 11) is 3.48. The maximum absolute atomic E-state index is 5.84. The van der Waals surface area contributed by atoms with Gasteiger partial charge in [0.05, 0.1) is 6.61 Å². The Morgan fingerprint density at radius 2 is 1.89 bits per heavy atom. The summed E-state index contributed by atoms with van der Waals surface area (Å²) in [5.74, 6) is 1.71. The third-order valence-corrected chi connectivity index (χ3v) is 4.28. The lowest BCUT2D eigenvalue weighted by Crippen LogP contribution is -2.38. The average molecular weight is 492 g/mol. The quantitative estimate of drug-likeness (QED) is 0.203. The van der Waals surface area contributed by atoms with Crippen LogP contribution in [0.4, 0.5) is 0 Å². The zero-order valence-corrected chi connectivity index (χ0v) is 19.8. The summed E-state index contributed by atoms with van der Waals surface area (Å²) in [4.78, 5) is 6.73. The first kappa shape index (κ1) is 25.9. The van der Waals surface area contributed by atoms with Crippen molar-refractivity contribution in [2.75, 3.05) is 53.6 Å². The number of rotatable bonds is 12. The van der Waals surface area contributed by atoms with E-state index in [-0.39, 0.29) is 24.0 Å². The van der Waals surface area contributed by atoms with Gasteiger partial charge in [-0.1, -0.05) is 26.0 Å². The second-order valence-corrected chi connectivity index (χ2v) is 6.19. The molecule has 0 spiro atoms. The van der Waals surface area contributed by atoms with E-state index in [4.69, 9.17) is 9.47 Å². The molecule has 0 unspecified atom stereocenters. The second-order valence-electron chi connectivity index (χ2n) is 6.19. The molecule has 2 N–H and O–H groups in total. The Balaban J connectivity index is 0.00000676. The van der Waals surface area contributed by atoms with Gasteiger partial charge in [-0.15, -0.1) is 24.0 Å². The van der Waals surface area contributed by atoms with Gasteiger partial charge in [0.1, 0.15) is 12.4 Å².